The molecule has 3 aromatic rings. The molecule has 0 saturated carbocycles. The van der Waals surface area contributed by atoms with Gasteiger partial charge in [-0.25, -0.2) is 4.79 Å². The molecule has 0 fully saturated rings. The number of aromatic hydroxyl groups is 1. The number of carboxylic acids is 1. The molecule has 1 heterocycles. The average molecular weight is 358 g/mol. The summed E-state index contributed by atoms with van der Waals surface area (Å²) in [4.78, 5) is 11.8. The molecule has 0 bridgehead atoms. The SMILES string of the molecule is O=C(O)c1cccc(C#Cc2cccc(O)c2)c1-c1ccc2c(c1)OCO2. The molecule has 0 aliphatic carbocycles. The van der Waals surface area contributed by atoms with Crippen LogP contribution in [0.15, 0.2) is 60.7 Å². The fraction of sp³-hybridized carbons (Fsp3) is 0.0455. The largest absolute Gasteiger partial charge is 0.508 e. The molecule has 0 aromatic heterocycles. The van der Waals surface area contributed by atoms with Crippen molar-refractivity contribution in [2.45, 2.75) is 0 Å². The van der Waals surface area contributed by atoms with Crippen molar-refractivity contribution in [3.05, 3.63) is 77.4 Å². The number of ether oxygens (including phenoxy) is 2. The van der Waals surface area contributed by atoms with Crippen molar-refractivity contribution in [1.29, 1.82) is 0 Å². The van der Waals surface area contributed by atoms with Crippen molar-refractivity contribution in [1.82, 2.24) is 0 Å². The monoisotopic (exact) mass is 358 g/mol. The summed E-state index contributed by atoms with van der Waals surface area (Å²) in [6.07, 6.45) is 0. The molecule has 3 aromatic carbocycles. The van der Waals surface area contributed by atoms with E-state index in [9.17, 15) is 15.0 Å². The van der Waals surface area contributed by atoms with E-state index in [-0.39, 0.29) is 18.1 Å². The Hall–Kier alpha value is -3.91. The van der Waals surface area contributed by atoms with Crippen LogP contribution >= 0.6 is 0 Å². The molecule has 27 heavy (non-hydrogen) atoms. The van der Waals surface area contributed by atoms with Crippen molar-refractivity contribution in [2.24, 2.45) is 0 Å². The minimum absolute atomic E-state index is 0.122. The highest BCUT2D eigenvalue weighted by molar-refractivity contribution is 5.98. The highest BCUT2D eigenvalue weighted by atomic mass is 16.7. The maximum atomic E-state index is 11.8. The molecule has 0 amide bonds. The van der Waals surface area contributed by atoms with E-state index in [1.54, 1.807) is 60.7 Å². The lowest BCUT2D eigenvalue weighted by Gasteiger charge is -2.10. The van der Waals surface area contributed by atoms with E-state index >= 15 is 0 Å². The van der Waals surface area contributed by atoms with Crippen molar-refractivity contribution in [3.63, 3.8) is 0 Å². The van der Waals surface area contributed by atoms with E-state index in [0.717, 1.165) is 0 Å². The predicted octanol–water partition coefficient (Wildman–Crippen LogP) is 3.89. The second-order valence-corrected chi connectivity index (χ2v) is 5.90. The van der Waals surface area contributed by atoms with Gasteiger partial charge >= 0.3 is 5.97 Å². The smallest absolute Gasteiger partial charge is 0.336 e. The van der Waals surface area contributed by atoms with Gasteiger partial charge in [-0.05, 0) is 48.0 Å². The van der Waals surface area contributed by atoms with Crippen LogP contribution in [0.1, 0.15) is 21.5 Å². The molecule has 0 atom stereocenters. The van der Waals surface area contributed by atoms with E-state index < -0.39 is 5.97 Å². The van der Waals surface area contributed by atoms with Gasteiger partial charge in [0.05, 0.1) is 5.56 Å². The zero-order chi connectivity index (χ0) is 18.8. The highest BCUT2D eigenvalue weighted by Gasteiger charge is 2.19. The molecule has 0 saturated heterocycles. The molecular formula is C22H14O5. The van der Waals surface area contributed by atoms with Gasteiger partial charge in [-0.3, -0.25) is 0 Å². The first-order valence-electron chi connectivity index (χ1n) is 8.19. The Morgan fingerprint density at radius 1 is 0.926 bits per heavy atom. The second kappa shape index (κ2) is 6.77. The molecule has 1 aliphatic heterocycles. The summed E-state index contributed by atoms with van der Waals surface area (Å²) in [5.74, 6) is 6.27. The third kappa shape index (κ3) is 3.29. The third-order valence-corrected chi connectivity index (χ3v) is 4.14. The number of phenols is 1. The van der Waals surface area contributed by atoms with Gasteiger partial charge in [-0.1, -0.05) is 30.0 Å². The van der Waals surface area contributed by atoms with Crippen LogP contribution in [0.3, 0.4) is 0 Å². The van der Waals surface area contributed by atoms with Crippen LogP contribution in [0, 0.1) is 11.8 Å². The van der Waals surface area contributed by atoms with Crippen molar-refractivity contribution < 1.29 is 24.5 Å². The number of hydrogen-bond acceptors (Lipinski definition) is 4. The molecule has 132 valence electrons. The topological polar surface area (TPSA) is 76.0 Å². The Balaban J connectivity index is 1.86. The predicted molar refractivity (Wildman–Crippen MR) is 99.0 cm³/mol. The van der Waals surface area contributed by atoms with Crippen LogP contribution in [0.5, 0.6) is 17.2 Å². The first-order chi connectivity index (χ1) is 13.1. The number of fused-ring (bicyclic) bond motifs is 1. The van der Waals surface area contributed by atoms with Crippen molar-refractivity contribution >= 4 is 5.97 Å². The summed E-state index contributed by atoms with van der Waals surface area (Å²) in [5.41, 5.74) is 2.54. The molecule has 5 nitrogen and oxygen atoms in total. The van der Waals surface area contributed by atoms with Crippen LogP contribution in [-0.2, 0) is 0 Å². The minimum Gasteiger partial charge on any atom is -0.508 e. The zero-order valence-electron chi connectivity index (χ0n) is 14.1. The van der Waals surface area contributed by atoms with Crippen LogP contribution < -0.4 is 9.47 Å². The van der Waals surface area contributed by atoms with Crippen LogP contribution in [0.4, 0.5) is 0 Å². The van der Waals surface area contributed by atoms with Crippen molar-refractivity contribution in [2.75, 3.05) is 6.79 Å². The number of carboxylic acid groups (broad SMARTS) is 1. The summed E-state index contributed by atoms with van der Waals surface area (Å²) in [6.45, 7) is 0.142. The van der Waals surface area contributed by atoms with Gasteiger partial charge in [0.1, 0.15) is 5.75 Å². The fourth-order valence-electron chi connectivity index (χ4n) is 2.92. The number of hydrogen-bond donors (Lipinski definition) is 2. The molecule has 1 aliphatic rings. The van der Waals surface area contributed by atoms with Gasteiger partial charge in [0.15, 0.2) is 11.5 Å². The number of benzene rings is 3. The van der Waals surface area contributed by atoms with Gasteiger partial charge in [0.25, 0.3) is 0 Å². The Kier molecular flexibility index (Phi) is 4.15. The highest BCUT2D eigenvalue weighted by Crippen LogP contribution is 2.38. The Morgan fingerprint density at radius 3 is 2.56 bits per heavy atom. The quantitative estimate of drug-likeness (QED) is 0.680. The van der Waals surface area contributed by atoms with E-state index in [0.29, 0.717) is 33.8 Å². The fourth-order valence-corrected chi connectivity index (χ4v) is 2.92. The van der Waals surface area contributed by atoms with Gasteiger partial charge in [-0.2, -0.15) is 0 Å². The Labute approximate surface area is 155 Å². The zero-order valence-corrected chi connectivity index (χ0v) is 14.1. The van der Waals surface area contributed by atoms with Gasteiger partial charge in [-0.15, -0.1) is 0 Å². The number of phenolic OH excluding ortho intramolecular Hbond substituents is 1. The lowest BCUT2D eigenvalue weighted by molar-refractivity contribution is 0.0697. The number of rotatable bonds is 2. The molecular weight excluding hydrogens is 344 g/mol. The maximum Gasteiger partial charge on any atom is 0.336 e. The standard InChI is InChI=1S/C22H14O5/c23-17-5-1-3-14(11-17)7-8-15-4-2-6-18(22(24)25)21(15)16-9-10-19-20(12-16)27-13-26-19/h1-6,9-12,23H,13H2,(H,24,25). The van der Waals surface area contributed by atoms with E-state index in [1.165, 1.54) is 0 Å². The number of aromatic carboxylic acids is 1. The van der Waals surface area contributed by atoms with Gasteiger partial charge in [0, 0.05) is 16.7 Å². The lowest BCUT2D eigenvalue weighted by Crippen LogP contribution is -2.01. The lowest BCUT2D eigenvalue weighted by atomic mass is 9.94. The summed E-state index contributed by atoms with van der Waals surface area (Å²) < 4.78 is 10.7. The summed E-state index contributed by atoms with van der Waals surface area (Å²) >= 11 is 0. The summed E-state index contributed by atoms with van der Waals surface area (Å²) in [6, 6.07) is 16.8. The van der Waals surface area contributed by atoms with E-state index in [1.807, 2.05) is 0 Å². The molecule has 2 N–H and O–H groups in total. The van der Waals surface area contributed by atoms with Crippen LogP contribution in [0.25, 0.3) is 11.1 Å². The normalized spacial score (nSPS) is 11.6. The molecule has 5 heteroatoms. The summed E-state index contributed by atoms with van der Waals surface area (Å²) in [7, 11) is 0. The molecule has 0 radical (unpaired) electrons. The average Bonchev–Trinajstić information content (AvgIpc) is 3.13. The third-order valence-electron chi connectivity index (χ3n) is 4.14. The first-order valence-corrected chi connectivity index (χ1v) is 8.19. The molecule has 0 spiro atoms. The second-order valence-electron chi connectivity index (χ2n) is 5.90. The van der Waals surface area contributed by atoms with E-state index in [4.69, 9.17) is 9.47 Å². The van der Waals surface area contributed by atoms with E-state index in [2.05, 4.69) is 11.8 Å². The summed E-state index contributed by atoms with van der Waals surface area (Å²) in [5, 5.41) is 19.2. The maximum absolute atomic E-state index is 11.8. The van der Waals surface area contributed by atoms with Gasteiger partial charge in [0.2, 0.25) is 6.79 Å². The van der Waals surface area contributed by atoms with Crippen molar-refractivity contribution in [3.8, 4) is 40.2 Å². The molecule has 4 rings (SSSR count). The Bertz CT molecular complexity index is 1110. The molecule has 0 unspecified atom stereocenters. The van der Waals surface area contributed by atoms with Crippen LogP contribution in [-0.4, -0.2) is 23.0 Å². The van der Waals surface area contributed by atoms with Crippen LogP contribution in [0.2, 0.25) is 0 Å². The van der Waals surface area contributed by atoms with Gasteiger partial charge < -0.3 is 19.7 Å². The number of carbonyl (C=O) groups is 1. The first kappa shape index (κ1) is 16.6. The Morgan fingerprint density at radius 2 is 1.74 bits per heavy atom. The minimum atomic E-state index is -1.04.